The second-order valence-electron chi connectivity index (χ2n) is 10.6. The maximum absolute atomic E-state index is 13.8. The molecule has 0 saturated carbocycles. The van der Waals surface area contributed by atoms with Crippen molar-refractivity contribution in [3.63, 3.8) is 0 Å². The Morgan fingerprint density at radius 3 is 2.16 bits per heavy atom. The van der Waals surface area contributed by atoms with E-state index in [1.165, 1.54) is 0 Å². The van der Waals surface area contributed by atoms with Crippen LogP contribution >= 0.6 is 0 Å². The number of ether oxygens (including phenoxy) is 1. The number of nitrogens with one attached hydrogen (secondary N) is 2. The normalized spacial score (nSPS) is 12.8. The molecule has 2 aromatic rings. The zero-order valence-electron chi connectivity index (χ0n) is 23.4. The summed E-state index contributed by atoms with van der Waals surface area (Å²) in [5.41, 5.74) is 3.05. The average Bonchev–Trinajstić information content (AvgIpc) is 2.80. The van der Waals surface area contributed by atoms with Crippen LogP contribution in [0.3, 0.4) is 0 Å². The van der Waals surface area contributed by atoms with Crippen molar-refractivity contribution in [2.45, 2.75) is 92.0 Å². The zero-order chi connectivity index (χ0) is 27.6. The molecule has 2 rings (SSSR count). The van der Waals surface area contributed by atoms with Gasteiger partial charge in [-0.1, -0.05) is 79.4 Å². The third kappa shape index (κ3) is 9.90. The van der Waals surface area contributed by atoms with Gasteiger partial charge in [-0.05, 0) is 59.1 Å². The van der Waals surface area contributed by atoms with Crippen LogP contribution in [0.2, 0.25) is 0 Å². The highest BCUT2D eigenvalue weighted by Gasteiger charge is 2.34. The summed E-state index contributed by atoms with van der Waals surface area (Å²) >= 11 is 0. The molecule has 202 valence electrons. The standard InChI is InChI=1S/C30H43N3O4/c1-8-9-13-16-33(28(35)23(4)32-29(36)37-30(5,6)7)26(25-18-21(2)17-22(3)19-25)27(34)31-20-24-14-11-10-12-15-24/h10-12,14-15,17-19,23,26H,8-9,13,16,20H2,1-7H3,(H,31,34)(H,32,36). The zero-order valence-corrected chi connectivity index (χ0v) is 23.4. The monoisotopic (exact) mass is 509 g/mol. The highest BCUT2D eigenvalue weighted by atomic mass is 16.6. The van der Waals surface area contributed by atoms with E-state index in [4.69, 9.17) is 4.74 Å². The van der Waals surface area contributed by atoms with E-state index < -0.39 is 23.8 Å². The van der Waals surface area contributed by atoms with Crippen molar-refractivity contribution in [2.75, 3.05) is 6.54 Å². The number of benzene rings is 2. The van der Waals surface area contributed by atoms with Gasteiger partial charge < -0.3 is 20.3 Å². The molecule has 2 atom stereocenters. The highest BCUT2D eigenvalue weighted by molar-refractivity contribution is 5.92. The molecular formula is C30H43N3O4. The summed E-state index contributed by atoms with van der Waals surface area (Å²) in [6.45, 7) is 13.7. The number of alkyl carbamates (subject to hydrolysis) is 1. The molecule has 37 heavy (non-hydrogen) atoms. The Hall–Kier alpha value is -3.35. The maximum atomic E-state index is 13.8. The van der Waals surface area contributed by atoms with Crippen LogP contribution in [-0.2, 0) is 20.9 Å². The van der Waals surface area contributed by atoms with E-state index in [-0.39, 0.29) is 11.8 Å². The van der Waals surface area contributed by atoms with Crippen molar-refractivity contribution >= 4 is 17.9 Å². The van der Waals surface area contributed by atoms with Crippen LogP contribution in [0.5, 0.6) is 0 Å². The number of nitrogens with zero attached hydrogens (tertiary/aromatic N) is 1. The Bertz CT molecular complexity index is 1030. The number of hydrogen-bond acceptors (Lipinski definition) is 4. The first-order chi connectivity index (χ1) is 17.4. The predicted octanol–water partition coefficient (Wildman–Crippen LogP) is 5.59. The van der Waals surface area contributed by atoms with Crippen molar-refractivity contribution in [3.05, 3.63) is 70.8 Å². The smallest absolute Gasteiger partial charge is 0.408 e. The average molecular weight is 510 g/mol. The molecule has 0 saturated heterocycles. The summed E-state index contributed by atoms with van der Waals surface area (Å²) in [5, 5.41) is 5.68. The topological polar surface area (TPSA) is 87.7 Å². The fourth-order valence-electron chi connectivity index (χ4n) is 4.22. The lowest BCUT2D eigenvalue weighted by Gasteiger charge is -2.34. The molecule has 0 spiro atoms. The van der Waals surface area contributed by atoms with Crippen LogP contribution in [0, 0.1) is 13.8 Å². The molecule has 2 unspecified atom stereocenters. The summed E-state index contributed by atoms with van der Waals surface area (Å²) in [7, 11) is 0. The van der Waals surface area contributed by atoms with E-state index >= 15 is 0 Å². The van der Waals surface area contributed by atoms with Gasteiger partial charge in [-0.15, -0.1) is 0 Å². The van der Waals surface area contributed by atoms with Gasteiger partial charge in [-0.2, -0.15) is 0 Å². The number of carbonyl (C=O) groups is 3. The van der Waals surface area contributed by atoms with Crippen molar-refractivity contribution < 1.29 is 19.1 Å². The van der Waals surface area contributed by atoms with Crippen molar-refractivity contribution in [1.29, 1.82) is 0 Å². The van der Waals surface area contributed by atoms with E-state index in [9.17, 15) is 14.4 Å². The maximum Gasteiger partial charge on any atom is 0.408 e. The molecule has 0 heterocycles. The SMILES string of the molecule is CCCCCN(C(=O)C(C)NC(=O)OC(C)(C)C)C(C(=O)NCc1ccccc1)c1cc(C)cc(C)c1. The lowest BCUT2D eigenvalue weighted by molar-refractivity contribution is -0.142. The fourth-order valence-corrected chi connectivity index (χ4v) is 4.22. The number of aryl methyl sites for hydroxylation is 2. The molecule has 7 heteroatoms. The number of hydrogen-bond donors (Lipinski definition) is 2. The second kappa shape index (κ2) is 13.8. The van der Waals surface area contributed by atoms with Crippen LogP contribution in [-0.4, -0.2) is 41.0 Å². The number of amides is 3. The largest absolute Gasteiger partial charge is 0.444 e. The first-order valence-corrected chi connectivity index (χ1v) is 13.1. The van der Waals surface area contributed by atoms with Gasteiger partial charge in [0.1, 0.15) is 17.7 Å². The number of rotatable bonds is 11. The Morgan fingerprint density at radius 1 is 0.973 bits per heavy atom. The van der Waals surface area contributed by atoms with Gasteiger partial charge in [0.25, 0.3) is 0 Å². The van der Waals surface area contributed by atoms with Crippen LogP contribution in [0.4, 0.5) is 4.79 Å². The van der Waals surface area contributed by atoms with Gasteiger partial charge in [0.05, 0.1) is 0 Å². The molecule has 2 aromatic carbocycles. The molecular weight excluding hydrogens is 466 g/mol. The third-order valence-electron chi connectivity index (χ3n) is 5.82. The van der Waals surface area contributed by atoms with Gasteiger partial charge in [0.2, 0.25) is 11.8 Å². The Morgan fingerprint density at radius 2 is 1.59 bits per heavy atom. The molecule has 3 amide bonds. The molecule has 0 aliphatic heterocycles. The molecule has 0 radical (unpaired) electrons. The Kier molecular flexibility index (Phi) is 11.2. The van der Waals surface area contributed by atoms with Gasteiger partial charge in [0.15, 0.2) is 0 Å². The third-order valence-corrected chi connectivity index (χ3v) is 5.82. The quantitative estimate of drug-likeness (QED) is 0.386. The molecule has 7 nitrogen and oxygen atoms in total. The van der Waals surface area contributed by atoms with Crippen LogP contribution in [0.25, 0.3) is 0 Å². The Labute approximate surface area is 222 Å². The molecule has 0 aliphatic carbocycles. The van der Waals surface area contributed by atoms with E-state index in [1.807, 2.05) is 62.4 Å². The van der Waals surface area contributed by atoms with Gasteiger partial charge in [-0.3, -0.25) is 9.59 Å². The highest BCUT2D eigenvalue weighted by Crippen LogP contribution is 2.26. The first-order valence-electron chi connectivity index (χ1n) is 13.1. The summed E-state index contributed by atoms with van der Waals surface area (Å²) in [4.78, 5) is 41.5. The summed E-state index contributed by atoms with van der Waals surface area (Å²) in [5.74, 6) is -0.593. The number of carbonyl (C=O) groups excluding carboxylic acids is 3. The van der Waals surface area contributed by atoms with E-state index in [2.05, 4.69) is 17.6 Å². The fraction of sp³-hybridized carbons (Fsp3) is 0.500. The number of unbranched alkanes of at least 4 members (excludes halogenated alkanes) is 2. The van der Waals surface area contributed by atoms with Gasteiger partial charge in [0, 0.05) is 13.1 Å². The lowest BCUT2D eigenvalue weighted by atomic mass is 9.98. The molecule has 0 fully saturated rings. The lowest BCUT2D eigenvalue weighted by Crippen LogP contribution is -2.52. The second-order valence-corrected chi connectivity index (χ2v) is 10.6. The van der Waals surface area contributed by atoms with Crippen LogP contribution in [0.1, 0.15) is 82.2 Å². The summed E-state index contributed by atoms with van der Waals surface area (Å²) in [6, 6.07) is 13.9. The van der Waals surface area contributed by atoms with Gasteiger partial charge in [-0.25, -0.2) is 4.79 Å². The van der Waals surface area contributed by atoms with Crippen LogP contribution in [0.15, 0.2) is 48.5 Å². The molecule has 0 aliphatic rings. The van der Waals surface area contributed by atoms with E-state index in [0.29, 0.717) is 13.1 Å². The minimum absolute atomic E-state index is 0.261. The summed E-state index contributed by atoms with van der Waals surface area (Å²) < 4.78 is 5.35. The minimum atomic E-state index is -0.869. The van der Waals surface area contributed by atoms with Crippen molar-refractivity contribution in [3.8, 4) is 0 Å². The van der Waals surface area contributed by atoms with Crippen molar-refractivity contribution in [1.82, 2.24) is 15.5 Å². The molecule has 0 bridgehead atoms. The Balaban J connectivity index is 2.40. The first kappa shape index (κ1) is 29.9. The minimum Gasteiger partial charge on any atom is -0.444 e. The van der Waals surface area contributed by atoms with Crippen molar-refractivity contribution in [2.24, 2.45) is 0 Å². The van der Waals surface area contributed by atoms with E-state index in [1.54, 1.807) is 32.6 Å². The van der Waals surface area contributed by atoms with Crippen LogP contribution < -0.4 is 10.6 Å². The van der Waals surface area contributed by atoms with E-state index in [0.717, 1.165) is 41.5 Å². The predicted molar refractivity (Wildman–Crippen MR) is 147 cm³/mol. The molecule has 2 N–H and O–H groups in total. The molecule has 0 aromatic heterocycles. The summed E-state index contributed by atoms with van der Waals surface area (Å²) in [6.07, 6.45) is 1.97. The van der Waals surface area contributed by atoms with Gasteiger partial charge >= 0.3 is 6.09 Å².